The summed E-state index contributed by atoms with van der Waals surface area (Å²) in [5.41, 5.74) is 11.5. The van der Waals surface area contributed by atoms with Gasteiger partial charge in [0.1, 0.15) is 5.82 Å². The zero-order chi connectivity index (χ0) is 38.5. The zero-order valence-corrected chi connectivity index (χ0v) is 35.5. The SMILES string of the molecule is CC(C)(C)c1ccnc(-n2c3[c-]c(Oc4[c-]c(-n5[c-][n+](-c6ccccc6)c6ccccc65)ccc4)ccc3c3c(-c4ccccc4)cc(-c4ccccc4)cc32)c1.[CH3-].[Pt+4]. The number of rotatable bonds is 7. The van der Waals surface area contributed by atoms with E-state index in [0.717, 1.165) is 72.3 Å². The number of ether oxygens (including phenoxy) is 1. The molecule has 0 aliphatic carbocycles. The van der Waals surface area contributed by atoms with Crippen LogP contribution in [-0.4, -0.2) is 14.1 Å². The first-order valence-electron chi connectivity index (χ1n) is 19.2. The fourth-order valence-electron chi connectivity index (χ4n) is 7.75. The van der Waals surface area contributed by atoms with E-state index in [2.05, 4.69) is 170 Å². The van der Waals surface area contributed by atoms with Crippen molar-refractivity contribution in [3.63, 3.8) is 0 Å². The summed E-state index contributed by atoms with van der Waals surface area (Å²) in [7, 11) is 0. The molecule has 10 aromatic rings. The number of benzene rings is 7. The number of pyridine rings is 1. The van der Waals surface area contributed by atoms with Crippen LogP contribution >= 0.6 is 0 Å². The predicted molar refractivity (Wildman–Crippen MR) is 236 cm³/mol. The Kier molecular flexibility index (Phi) is 10.7. The van der Waals surface area contributed by atoms with Crippen molar-refractivity contribution >= 4 is 32.8 Å². The first kappa shape index (κ1) is 39.3. The van der Waals surface area contributed by atoms with Crippen LogP contribution in [0, 0.1) is 25.9 Å². The Morgan fingerprint density at radius 2 is 1.29 bits per heavy atom. The molecule has 59 heavy (non-hydrogen) atoms. The van der Waals surface area contributed by atoms with Crippen LogP contribution in [0.5, 0.6) is 11.5 Å². The van der Waals surface area contributed by atoms with E-state index in [1.807, 2.05) is 59.3 Å². The maximum Gasteiger partial charge on any atom is 4.00 e. The van der Waals surface area contributed by atoms with Gasteiger partial charge >= 0.3 is 21.1 Å². The maximum absolute atomic E-state index is 6.65. The molecule has 0 amide bonds. The Morgan fingerprint density at radius 3 is 2.03 bits per heavy atom. The second-order valence-corrected chi connectivity index (χ2v) is 15.3. The fraction of sp³-hybridized carbons (Fsp3) is 0.0755. The van der Waals surface area contributed by atoms with Gasteiger partial charge in [0.15, 0.2) is 0 Å². The van der Waals surface area contributed by atoms with Gasteiger partial charge in [-0.15, -0.1) is 29.7 Å². The van der Waals surface area contributed by atoms with Crippen LogP contribution < -0.4 is 9.30 Å². The molecule has 288 valence electrons. The summed E-state index contributed by atoms with van der Waals surface area (Å²) in [6, 6.07) is 66.0. The number of hydrogen-bond donors (Lipinski definition) is 0. The average Bonchev–Trinajstić information content (AvgIpc) is 3.80. The van der Waals surface area contributed by atoms with Crippen molar-refractivity contribution < 1.29 is 30.4 Å². The van der Waals surface area contributed by atoms with Crippen LogP contribution in [0.15, 0.2) is 176 Å². The third-order valence-electron chi connectivity index (χ3n) is 10.6. The number of aromatic nitrogens is 4. The van der Waals surface area contributed by atoms with Crippen LogP contribution in [0.2, 0.25) is 0 Å². The van der Waals surface area contributed by atoms with Crippen LogP contribution in [-0.2, 0) is 26.5 Å². The fourth-order valence-corrected chi connectivity index (χ4v) is 7.75. The normalized spacial score (nSPS) is 11.4. The molecule has 0 atom stereocenters. The molecule has 0 N–H and O–H groups in total. The van der Waals surface area contributed by atoms with Gasteiger partial charge in [0, 0.05) is 23.2 Å². The number of fused-ring (bicyclic) bond motifs is 4. The summed E-state index contributed by atoms with van der Waals surface area (Å²) in [6.07, 6.45) is 5.47. The van der Waals surface area contributed by atoms with Gasteiger partial charge < -0.3 is 21.3 Å². The largest absolute Gasteiger partial charge is 4.00 e. The van der Waals surface area contributed by atoms with Gasteiger partial charge in [-0.05, 0) is 80.7 Å². The van der Waals surface area contributed by atoms with Crippen molar-refractivity contribution in [3.05, 3.63) is 208 Å². The Balaban J connectivity index is 0.00000242. The first-order valence-corrected chi connectivity index (χ1v) is 19.2. The minimum absolute atomic E-state index is 0. The molecule has 6 heteroatoms. The van der Waals surface area contributed by atoms with Gasteiger partial charge in [-0.2, -0.15) is 18.2 Å². The van der Waals surface area contributed by atoms with Gasteiger partial charge in [-0.25, -0.2) is 4.98 Å². The molecule has 0 radical (unpaired) electrons. The minimum Gasteiger partial charge on any atom is -0.510 e. The van der Waals surface area contributed by atoms with Crippen molar-refractivity contribution in [2.24, 2.45) is 0 Å². The maximum atomic E-state index is 6.65. The third-order valence-corrected chi connectivity index (χ3v) is 10.6. The average molecular weight is 945 g/mol. The van der Waals surface area contributed by atoms with E-state index in [1.54, 1.807) is 0 Å². The van der Waals surface area contributed by atoms with Crippen LogP contribution in [0.1, 0.15) is 26.3 Å². The van der Waals surface area contributed by atoms with Crippen molar-refractivity contribution in [2.45, 2.75) is 26.2 Å². The molecule has 3 heterocycles. The van der Waals surface area contributed by atoms with E-state index in [-0.39, 0.29) is 33.9 Å². The predicted octanol–water partition coefficient (Wildman–Crippen LogP) is 12.7. The number of imidazole rings is 1. The third kappa shape index (κ3) is 7.28. The summed E-state index contributed by atoms with van der Waals surface area (Å²) in [6.45, 7) is 6.70. The Hall–Kier alpha value is -6.55. The molecule has 0 fully saturated rings. The molecule has 0 spiro atoms. The molecule has 0 unspecified atom stereocenters. The molecule has 0 bridgehead atoms. The van der Waals surface area contributed by atoms with Crippen molar-refractivity contribution in [3.8, 4) is 50.9 Å². The zero-order valence-electron chi connectivity index (χ0n) is 33.3. The molecule has 3 aromatic heterocycles. The van der Waals surface area contributed by atoms with Gasteiger partial charge in [0.25, 0.3) is 6.33 Å². The molecular formula is C53H41N4OPt+. The number of hydrogen-bond acceptors (Lipinski definition) is 2. The topological polar surface area (TPSA) is 35.9 Å². The molecule has 0 aliphatic heterocycles. The molecular weight excluding hydrogens is 904 g/mol. The van der Waals surface area contributed by atoms with E-state index in [9.17, 15) is 0 Å². The van der Waals surface area contributed by atoms with Crippen molar-refractivity contribution in [1.82, 2.24) is 14.1 Å². The van der Waals surface area contributed by atoms with Gasteiger partial charge in [0.2, 0.25) is 0 Å². The summed E-state index contributed by atoms with van der Waals surface area (Å²) < 4.78 is 13.0. The van der Waals surface area contributed by atoms with Gasteiger partial charge in [0.05, 0.1) is 16.7 Å². The number of para-hydroxylation sites is 3. The van der Waals surface area contributed by atoms with Crippen LogP contribution in [0.4, 0.5) is 0 Å². The van der Waals surface area contributed by atoms with Gasteiger partial charge in [-0.1, -0.05) is 129 Å². The van der Waals surface area contributed by atoms with E-state index in [1.165, 1.54) is 5.56 Å². The smallest absolute Gasteiger partial charge is 0.510 e. The Bertz CT molecular complexity index is 3070. The van der Waals surface area contributed by atoms with Gasteiger partial charge in [-0.3, -0.25) is 4.57 Å². The molecule has 10 rings (SSSR count). The molecule has 0 saturated carbocycles. The monoisotopic (exact) mass is 944 g/mol. The summed E-state index contributed by atoms with van der Waals surface area (Å²) in [4.78, 5) is 5.00. The molecule has 0 aliphatic rings. The number of nitrogens with zero attached hydrogens (tertiary/aromatic N) is 4. The van der Waals surface area contributed by atoms with Crippen LogP contribution in [0.3, 0.4) is 0 Å². The second-order valence-electron chi connectivity index (χ2n) is 15.3. The second kappa shape index (κ2) is 16.0. The van der Waals surface area contributed by atoms with E-state index in [4.69, 9.17) is 9.72 Å². The van der Waals surface area contributed by atoms with Crippen LogP contribution in [0.25, 0.3) is 72.3 Å². The first-order chi connectivity index (χ1) is 27.9. The van der Waals surface area contributed by atoms with E-state index < -0.39 is 0 Å². The minimum atomic E-state index is -0.0669. The van der Waals surface area contributed by atoms with E-state index >= 15 is 0 Å². The molecule has 5 nitrogen and oxygen atoms in total. The van der Waals surface area contributed by atoms with Crippen molar-refractivity contribution in [2.75, 3.05) is 0 Å². The quantitative estimate of drug-likeness (QED) is 0.118. The molecule has 7 aromatic carbocycles. The Morgan fingerprint density at radius 1 is 0.610 bits per heavy atom. The van der Waals surface area contributed by atoms with Crippen molar-refractivity contribution in [1.29, 1.82) is 0 Å². The summed E-state index contributed by atoms with van der Waals surface area (Å²) in [5, 5.41) is 2.20. The molecule has 0 saturated heterocycles. The Labute approximate surface area is 360 Å². The summed E-state index contributed by atoms with van der Waals surface area (Å²) >= 11 is 0. The standard InChI is InChI=1S/C52H38N4O.CH3.Pt/c1-52(2,3)39-28-29-53-50(32-39)56-48-34-43(26-27-44(48)51-45(37-18-9-5-10-19-37)30-38(31-49(51)56)36-16-7-4-8-17-36)57-42-23-15-22-41(33-42)55-35-54(40-20-11-6-12-21-40)46-24-13-14-25-47(46)55;;/h4-32H,1-3H3;1H3;/q-2;-1;+4. The van der Waals surface area contributed by atoms with E-state index in [0.29, 0.717) is 11.5 Å². The summed E-state index contributed by atoms with van der Waals surface area (Å²) in [5.74, 6) is 1.99.